The molecule has 0 amide bonds. The Kier molecular flexibility index (Phi) is 2.84. The lowest BCUT2D eigenvalue weighted by Crippen LogP contribution is -2.38. The van der Waals surface area contributed by atoms with Crippen molar-refractivity contribution in [2.24, 2.45) is 23.2 Å². The third-order valence-corrected chi connectivity index (χ3v) is 3.23. The first kappa shape index (κ1) is 10.7. The number of ketones is 1. The van der Waals surface area contributed by atoms with Gasteiger partial charge in [0.1, 0.15) is 5.78 Å². The molecule has 1 nitrogen and oxygen atoms in total. The predicted molar refractivity (Wildman–Crippen MR) is 55.5 cm³/mol. The first-order valence-electron chi connectivity index (χ1n) is 5.36. The van der Waals surface area contributed by atoms with Crippen LogP contribution in [0.15, 0.2) is 0 Å². The molecule has 0 heterocycles. The Balaban J connectivity index is 2.76. The average Bonchev–Trinajstić information content (AvgIpc) is 1.78. The van der Waals surface area contributed by atoms with Crippen LogP contribution < -0.4 is 0 Å². The van der Waals surface area contributed by atoms with Gasteiger partial charge in [0.25, 0.3) is 0 Å². The average molecular weight is 182 g/mol. The van der Waals surface area contributed by atoms with Gasteiger partial charge in [0.05, 0.1) is 0 Å². The van der Waals surface area contributed by atoms with E-state index in [0.29, 0.717) is 23.5 Å². The molecule has 0 aromatic heterocycles. The Morgan fingerprint density at radius 2 is 1.92 bits per heavy atom. The van der Waals surface area contributed by atoms with Gasteiger partial charge in [-0.1, -0.05) is 34.6 Å². The zero-order valence-corrected chi connectivity index (χ0v) is 9.55. The summed E-state index contributed by atoms with van der Waals surface area (Å²) in [5.41, 5.74) is 0.238. The smallest absolute Gasteiger partial charge is 0.137 e. The Labute approximate surface area is 81.9 Å². The molecule has 13 heavy (non-hydrogen) atoms. The van der Waals surface area contributed by atoms with Gasteiger partial charge in [-0.2, -0.15) is 0 Å². The lowest BCUT2D eigenvalue weighted by molar-refractivity contribution is -0.132. The van der Waals surface area contributed by atoms with Crippen molar-refractivity contribution in [1.29, 1.82) is 0 Å². The van der Waals surface area contributed by atoms with Crippen molar-refractivity contribution < 1.29 is 4.79 Å². The molecule has 0 saturated heterocycles. The summed E-state index contributed by atoms with van der Waals surface area (Å²) in [6, 6.07) is 0. The third-order valence-electron chi connectivity index (χ3n) is 3.23. The van der Waals surface area contributed by atoms with E-state index in [1.807, 2.05) is 0 Å². The van der Waals surface area contributed by atoms with Crippen LogP contribution in [0.1, 0.15) is 47.5 Å². The van der Waals surface area contributed by atoms with E-state index in [-0.39, 0.29) is 5.41 Å². The molecule has 1 aliphatic carbocycles. The molecule has 0 aromatic carbocycles. The minimum absolute atomic E-state index is 0.238. The standard InChI is InChI=1S/C12H22O/c1-8(2)11-9(3)6-12(4,5)7-10(11)13/h8-9,11H,6-7H2,1-5H3. The highest BCUT2D eigenvalue weighted by atomic mass is 16.1. The van der Waals surface area contributed by atoms with Crippen molar-refractivity contribution >= 4 is 5.78 Å². The number of carbonyl (C=O) groups excluding carboxylic acids is 1. The van der Waals surface area contributed by atoms with Gasteiger partial charge in [0, 0.05) is 12.3 Å². The lowest BCUT2D eigenvalue weighted by atomic mass is 9.64. The van der Waals surface area contributed by atoms with Crippen molar-refractivity contribution in [3.05, 3.63) is 0 Å². The van der Waals surface area contributed by atoms with Gasteiger partial charge in [-0.05, 0) is 23.7 Å². The molecule has 0 aromatic rings. The van der Waals surface area contributed by atoms with Gasteiger partial charge in [0.2, 0.25) is 0 Å². The molecule has 1 saturated carbocycles. The van der Waals surface area contributed by atoms with Crippen molar-refractivity contribution in [3.63, 3.8) is 0 Å². The molecule has 0 N–H and O–H groups in total. The van der Waals surface area contributed by atoms with Gasteiger partial charge in [-0.3, -0.25) is 4.79 Å². The second kappa shape index (κ2) is 3.43. The van der Waals surface area contributed by atoms with Crippen LogP contribution in [0.5, 0.6) is 0 Å². The fourth-order valence-corrected chi connectivity index (χ4v) is 3.01. The normalized spacial score (nSPS) is 33.8. The van der Waals surface area contributed by atoms with Crippen LogP contribution in [0.4, 0.5) is 0 Å². The van der Waals surface area contributed by atoms with Crippen LogP contribution >= 0.6 is 0 Å². The van der Waals surface area contributed by atoms with E-state index < -0.39 is 0 Å². The fourth-order valence-electron chi connectivity index (χ4n) is 3.01. The van der Waals surface area contributed by atoms with Crippen LogP contribution in [0.2, 0.25) is 0 Å². The zero-order chi connectivity index (χ0) is 10.2. The first-order chi connectivity index (χ1) is 5.83. The highest BCUT2D eigenvalue weighted by Gasteiger charge is 2.39. The highest BCUT2D eigenvalue weighted by molar-refractivity contribution is 5.83. The van der Waals surface area contributed by atoms with Crippen LogP contribution in [0.25, 0.3) is 0 Å². The first-order valence-corrected chi connectivity index (χ1v) is 5.36. The molecule has 0 radical (unpaired) electrons. The van der Waals surface area contributed by atoms with Gasteiger partial charge in [-0.15, -0.1) is 0 Å². The monoisotopic (exact) mass is 182 g/mol. The second-order valence-electron chi connectivity index (χ2n) is 5.76. The van der Waals surface area contributed by atoms with E-state index in [2.05, 4.69) is 34.6 Å². The number of rotatable bonds is 1. The van der Waals surface area contributed by atoms with E-state index >= 15 is 0 Å². The Bertz CT molecular complexity index is 203. The Morgan fingerprint density at radius 1 is 1.38 bits per heavy atom. The number of Topliss-reactive ketones (excluding diaryl/α,β-unsaturated/α-hetero) is 1. The van der Waals surface area contributed by atoms with E-state index in [4.69, 9.17) is 0 Å². The minimum Gasteiger partial charge on any atom is -0.299 e. The summed E-state index contributed by atoms with van der Waals surface area (Å²) in [5, 5.41) is 0. The minimum atomic E-state index is 0.238. The van der Waals surface area contributed by atoms with E-state index in [1.54, 1.807) is 0 Å². The van der Waals surface area contributed by atoms with Crippen LogP contribution in [0, 0.1) is 23.2 Å². The fraction of sp³-hybridized carbons (Fsp3) is 0.917. The molecule has 0 aliphatic heterocycles. The quantitative estimate of drug-likeness (QED) is 0.608. The summed E-state index contributed by atoms with van der Waals surface area (Å²) in [4.78, 5) is 11.9. The van der Waals surface area contributed by atoms with Gasteiger partial charge in [0.15, 0.2) is 0 Å². The number of hydrogen-bond acceptors (Lipinski definition) is 1. The third kappa shape index (κ3) is 2.32. The van der Waals surface area contributed by atoms with Gasteiger partial charge in [-0.25, -0.2) is 0 Å². The molecule has 2 unspecified atom stereocenters. The predicted octanol–water partition coefficient (Wildman–Crippen LogP) is 3.28. The maximum atomic E-state index is 11.9. The SMILES string of the molecule is CC(C)C1C(=O)CC(C)(C)CC1C. The molecular weight excluding hydrogens is 160 g/mol. The van der Waals surface area contributed by atoms with Crippen LogP contribution in [-0.2, 0) is 4.79 Å². The molecular formula is C12H22O. The maximum Gasteiger partial charge on any atom is 0.137 e. The van der Waals surface area contributed by atoms with E-state index in [1.165, 1.54) is 6.42 Å². The van der Waals surface area contributed by atoms with Crippen molar-refractivity contribution in [2.75, 3.05) is 0 Å². The van der Waals surface area contributed by atoms with Gasteiger partial charge >= 0.3 is 0 Å². The van der Waals surface area contributed by atoms with Crippen molar-refractivity contribution in [1.82, 2.24) is 0 Å². The van der Waals surface area contributed by atoms with E-state index in [0.717, 1.165) is 6.42 Å². The number of carbonyl (C=O) groups is 1. The van der Waals surface area contributed by atoms with E-state index in [9.17, 15) is 4.79 Å². The summed E-state index contributed by atoms with van der Waals surface area (Å²) < 4.78 is 0. The van der Waals surface area contributed by atoms with Crippen molar-refractivity contribution in [3.8, 4) is 0 Å². The molecule has 0 spiro atoms. The van der Waals surface area contributed by atoms with Crippen LogP contribution in [0.3, 0.4) is 0 Å². The molecule has 76 valence electrons. The second-order valence-corrected chi connectivity index (χ2v) is 5.76. The zero-order valence-electron chi connectivity index (χ0n) is 9.55. The van der Waals surface area contributed by atoms with Crippen molar-refractivity contribution in [2.45, 2.75) is 47.5 Å². The molecule has 0 bridgehead atoms. The molecule has 1 rings (SSSR count). The summed E-state index contributed by atoms with van der Waals surface area (Å²) in [7, 11) is 0. The summed E-state index contributed by atoms with van der Waals surface area (Å²) in [6.45, 7) is 11.0. The Hall–Kier alpha value is -0.330. The highest BCUT2D eigenvalue weighted by Crippen LogP contribution is 2.42. The summed E-state index contributed by atoms with van der Waals surface area (Å²) in [6.07, 6.45) is 1.97. The largest absolute Gasteiger partial charge is 0.299 e. The van der Waals surface area contributed by atoms with Gasteiger partial charge < -0.3 is 0 Å². The molecule has 2 atom stereocenters. The molecule has 1 fully saturated rings. The number of hydrogen-bond donors (Lipinski definition) is 0. The summed E-state index contributed by atoms with van der Waals surface area (Å²) >= 11 is 0. The topological polar surface area (TPSA) is 17.1 Å². The lowest BCUT2D eigenvalue weighted by Gasteiger charge is -2.39. The summed E-state index contributed by atoms with van der Waals surface area (Å²) in [5.74, 6) is 1.88. The molecule has 1 heteroatoms. The maximum absolute atomic E-state index is 11.9. The molecule has 1 aliphatic rings. The Morgan fingerprint density at radius 3 is 2.31 bits per heavy atom. The van der Waals surface area contributed by atoms with Crippen LogP contribution in [-0.4, -0.2) is 5.78 Å².